The van der Waals surface area contributed by atoms with Gasteiger partial charge in [0, 0.05) is 31.3 Å². The number of nitrogens with zero attached hydrogens (tertiary/aromatic N) is 2. The number of likely N-dealkylation sites (N-methyl/N-ethyl adjacent to an activating group) is 1. The zero-order valence-electron chi connectivity index (χ0n) is 11.6. The Balaban J connectivity index is 2.51. The third kappa shape index (κ3) is 2.99. The highest BCUT2D eigenvalue weighted by Gasteiger charge is 2.14. The molecular weight excluding hydrogens is 260 g/mol. The van der Waals surface area contributed by atoms with E-state index in [1.54, 1.807) is 7.11 Å². The number of rotatable bonds is 5. The molecule has 0 spiro atoms. The highest BCUT2D eigenvalue weighted by molar-refractivity contribution is 6.17. The molecule has 19 heavy (non-hydrogen) atoms. The number of para-hydroxylation sites is 1. The van der Waals surface area contributed by atoms with Crippen LogP contribution in [0.2, 0.25) is 0 Å². The van der Waals surface area contributed by atoms with E-state index in [0.29, 0.717) is 18.5 Å². The van der Waals surface area contributed by atoms with E-state index < -0.39 is 0 Å². The second-order valence-electron chi connectivity index (χ2n) is 4.70. The highest BCUT2D eigenvalue weighted by atomic mass is 35.5. The number of methoxy groups -OCH3 is 1. The van der Waals surface area contributed by atoms with E-state index in [1.165, 1.54) is 0 Å². The number of aromatic nitrogens is 1. The molecule has 1 aromatic carbocycles. The number of alkyl halides is 1. The quantitative estimate of drug-likeness (QED) is 0.784. The third-order valence-corrected chi connectivity index (χ3v) is 3.61. The van der Waals surface area contributed by atoms with Crippen LogP contribution in [0.4, 0.5) is 5.69 Å². The Bertz CT molecular complexity index is 559. The van der Waals surface area contributed by atoms with Crippen molar-refractivity contribution in [1.82, 2.24) is 4.98 Å². The molecule has 0 saturated heterocycles. The molecule has 1 aromatic heterocycles. The fraction of sp³-hybridized carbons (Fsp3) is 0.400. The molecule has 0 bridgehead atoms. The van der Waals surface area contributed by atoms with Gasteiger partial charge in [0.15, 0.2) is 0 Å². The van der Waals surface area contributed by atoms with Gasteiger partial charge >= 0.3 is 0 Å². The number of benzene rings is 1. The Kier molecular flexibility index (Phi) is 4.61. The summed E-state index contributed by atoms with van der Waals surface area (Å²) in [5.41, 5.74) is 3.02. The number of hydrogen-bond acceptors (Lipinski definition) is 3. The monoisotopic (exact) mass is 278 g/mol. The highest BCUT2D eigenvalue weighted by Crippen LogP contribution is 2.27. The van der Waals surface area contributed by atoms with E-state index >= 15 is 0 Å². The van der Waals surface area contributed by atoms with Gasteiger partial charge in [-0.3, -0.25) is 4.98 Å². The Morgan fingerprint density at radius 1 is 1.37 bits per heavy atom. The molecule has 4 heteroatoms. The molecule has 0 N–H and O–H groups in total. The summed E-state index contributed by atoms with van der Waals surface area (Å²) >= 11 is 5.94. The van der Waals surface area contributed by atoms with Crippen LogP contribution in [0, 0.1) is 0 Å². The number of ether oxygens (including phenoxy) is 1. The average molecular weight is 279 g/mol. The summed E-state index contributed by atoms with van der Waals surface area (Å²) in [5.74, 6) is 0.421. The van der Waals surface area contributed by atoms with Crippen LogP contribution >= 0.6 is 11.6 Å². The van der Waals surface area contributed by atoms with Crippen molar-refractivity contribution in [3.8, 4) is 0 Å². The van der Waals surface area contributed by atoms with Gasteiger partial charge in [0.25, 0.3) is 0 Å². The van der Waals surface area contributed by atoms with Crippen LogP contribution in [-0.2, 0) is 10.6 Å². The molecular formula is C15H19ClN2O. The molecule has 0 aliphatic heterocycles. The molecule has 0 aliphatic rings. The number of pyridine rings is 1. The lowest BCUT2D eigenvalue weighted by atomic mass is 10.1. The first-order chi connectivity index (χ1) is 9.17. The number of fused-ring (bicyclic) bond motifs is 1. The van der Waals surface area contributed by atoms with Crippen molar-refractivity contribution in [2.45, 2.75) is 18.8 Å². The van der Waals surface area contributed by atoms with Crippen LogP contribution in [0.5, 0.6) is 0 Å². The van der Waals surface area contributed by atoms with Gasteiger partial charge in [-0.1, -0.05) is 18.2 Å². The first-order valence-corrected chi connectivity index (χ1v) is 6.87. The van der Waals surface area contributed by atoms with Crippen LogP contribution in [0.25, 0.3) is 10.9 Å². The molecule has 0 fully saturated rings. The zero-order chi connectivity index (χ0) is 13.8. The first kappa shape index (κ1) is 14.1. The lowest BCUT2D eigenvalue weighted by Gasteiger charge is -2.28. The molecule has 0 saturated carbocycles. The van der Waals surface area contributed by atoms with E-state index in [0.717, 1.165) is 22.3 Å². The molecule has 2 rings (SSSR count). The van der Waals surface area contributed by atoms with Gasteiger partial charge in [0.2, 0.25) is 0 Å². The van der Waals surface area contributed by atoms with Crippen molar-refractivity contribution < 1.29 is 4.74 Å². The van der Waals surface area contributed by atoms with Gasteiger partial charge in [-0.25, -0.2) is 0 Å². The van der Waals surface area contributed by atoms with Crippen molar-refractivity contribution in [3.63, 3.8) is 0 Å². The Hall–Kier alpha value is -1.32. The van der Waals surface area contributed by atoms with Crippen LogP contribution in [0.3, 0.4) is 0 Å². The van der Waals surface area contributed by atoms with Gasteiger partial charge < -0.3 is 9.64 Å². The van der Waals surface area contributed by atoms with Crippen molar-refractivity contribution in [1.29, 1.82) is 0 Å². The molecule has 1 unspecified atom stereocenters. The fourth-order valence-electron chi connectivity index (χ4n) is 2.16. The molecule has 1 atom stereocenters. The molecule has 2 aromatic rings. The first-order valence-electron chi connectivity index (χ1n) is 6.33. The van der Waals surface area contributed by atoms with Gasteiger partial charge in [-0.2, -0.15) is 0 Å². The normalized spacial score (nSPS) is 12.6. The summed E-state index contributed by atoms with van der Waals surface area (Å²) in [5, 5.41) is 1.14. The minimum absolute atomic E-state index is 0.291. The summed E-state index contributed by atoms with van der Waals surface area (Å²) in [6.45, 7) is 2.82. The second-order valence-corrected chi connectivity index (χ2v) is 4.97. The maximum atomic E-state index is 5.94. The Labute approximate surface area is 119 Å². The molecule has 1 heterocycles. The van der Waals surface area contributed by atoms with E-state index in [2.05, 4.69) is 36.0 Å². The number of anilines is 1. The smallest absolute Gasteiger partial charge is 0.0726 e. The number of hydrogen-bond donors (Lipinski definition) is 0. The molecule has 0 aliphatic carbocycles. The third-order valence-electron chi connectivity index (χ3n) is 3.33. The van der Waals surface area contributed by atoms with Crippen LogP contribution in [-0.4, -0.2) is 31.8 Å². The van der Waals surface area contributed by atoms with Crippen molar-refractivity contribution in [3.05, 3.63) is 36.0 Å². The Morgan fingerprint density at radius 2 is 2.11 bits per heavy atom. The predicted octanol–water partition coefficient (Wildman–Crippen LogP) is 3.44. The maximum Gasteiger partial charge on any atom is 0.0726 e. The van der Waals surface area contributed by atoms with E-state index in [4.69, 9.17) is 16.3 Å². The summed E-state index contributed by atoms with van der Waals surface area (Å²) in [6.07, 6.45) is 0. The standard InChI is InChI=1S/C15H19ClN2O/c1-11(10-19-3)18(2)15-8-12(9-16)17-14-7-5-4-6-13(14)15/h4-8,11H,9-10H2,1-3H3. The minimum Gasteiger partial charge on any atom is -0.383 e. The average Bonchev–Trinajstić information content (AvgIpc) is 2.45. The van der Waals surface area contributed by atoms with E-state index in [9.17, 15) is 0 Å². The van der Waals surface area contributed by atoms with Crippen LogP contribution in [0.15, 0.2) is 30.3 Å². The zero-order valence-corrected chi connectivity index (χ0v) is 12.3. The van der Waals surface area contributed by atoms with Gasteiger partial charge in [-0.05, 0) is 19.1 Å². The molecule has 3 nitrogen and oxygen atoms in total. The fourth-order valence-corrected chi connectivity index (χ4v) is 2.30. The lowest BCUT2D eigenvalue weighted by molar-refractivity contribution is 0.183. The summed E-state index contributed by atoms with van der Waals surface area (Å²) in [6, 6.07) is 10.5. The van der Waals surface area contributed by atoms with Crippen LogP contribution in [0.1, 0.15) is 12.6 Å². The Morgan fingerprint density at radius 3 is 2.79 bits per heavy atom. The molecule has 0 radical (unpaired) electrons. The summed E-state index contributed by atoms with van der Waals surface area (Å²) in [7, 11) is 3.79. The van der Waals surface area contributed by atoms with E-state index in [1.807, 2.05) is 18.2 Å². The molecule has 0 amide bonds. The van der Waals surface area contributed by atoms with Crippen LogP contribution < -0.4 is 4.90 Å². The molecule has 102 valence electrons. The summed E-state index contributed by atoms with van der Waals surface area (Å²) in [4.78, 5) is 6.76. The van der Waals surface area contributed by atoms with Gasteiger partial charge in [0.05, 0.1) is 23.7 Å². The largest absolute Gasteiger partial charge is 0.383 e. The predicted molar refractivity (Wildman–Crippen MR) is 81.0 cm³/mol. The van der Waals surface area contributed by atoms with Crippen molar-refractivity contribution >= 4 is 28.2 Å². The number of halogens is 1. The SMILES string of the molecule is COCC(C)N(C)c1cc(CCl)nc2ccccc12. The second kappa shape index (κ2) is 6.22. The van der Waals surface area contributed by atoms with Crippen molar-refractivity contribution in [2.24, 2.45) is 0 Å². The minimum atomic E-state index is 0.291. The van der Waals surface area contributed by atoms with Crippen molar-refractivity contribution in [2.75, 3.05) is 25.7 Å². The topological polar surface area (TPSA) is 25.4 Å². The lowest BCUT2D eigenvalue weighted by Crippen LogP contribution is -2.32. The van der Waals surface area contributed by atoms with E-state index in [-0.39, 0.29) is 0 Å². The summed E-state index contributed by atoms with van der Waals surface area (Å²) < 4.78 is 5.23. The maximum absolute atomic E-state index is 5.94. The van der Waals surface area contributed by atoms with Gasteiger partial charge in [-0.15, -0.1) is 11.6 Å². The van der Waals surface area contributed by atoms with Gasteiger partial charge in [0.1, 0.15) is 0 Å².